The number of carbonyl (C=O) groups excluding carboxylic acids is 2. The smallest absolute Gasteiger partial charge is 0.261 e. The number of rotatable bonds is 4. The summed E-state index contributed by atoms with van der Waals surface area (Å²) in [7, 11) is 1.67. The number of aromatic amines is 1. The molecule has 4 rings (SSSR count). The predicted molar refractivity (Wildman–Crippen MR) is 117 cm³/mol. The molecule has 1 aliphatic rings. The maximum atomic E-state index is 13.1. The number of hydrogen-bond donors (Lipinski definition) is 1. The number of pyridine rings is 1. The highest BCUT2D eigenvalue weighted by molar-refractivity contribution is 5.96. The van der Waals surface area contributed by atoms with Gasteiger partial charge in [-0.3, -0.25) is 14.4 Å². The van der Waals surface area contributed by atoms with Gasteiger partial charge in [-0.15, -0.1) is 0 Å². The van der Waals surface area contributed by atoms with E-state index in [-0.39, 0.29) is 22.9 Å². The van der Waals surface area contributed by atoms with Crippen LogP contribution in [0.3, 0.4) is 0 Å². The molecule has 7 heteroatoms. The van der Waals surface area contributed by atoms with Gasteiger partial charge in [-0.25, -0.2) is 0 Å². The van der Waals surface area contributed by atoms with Gasteiger partial charge in [-0.1, -0.05) is 12.1 Å². The summed E-state index contributed by atoms with van der Waals surface area (Å²) in [5, 5.41) is 0. The summed E-state index contributed by atoms with van der Waals surface area (Å²) in [6.07, 6.45) is 2.08. The topological polar surface area (TPSA) is 86.6 Å². The Morgan fingerprint density at radius 1 is 1.16 bits per heavy atom. The molecule has 31 heavy (non-hydrogen) atoms. The molecule has 2 amide bonds. The Morgan fingerprint density at radius 3 is 2.55 bits per heavy atom. The van der Waals surface area contributed by atoms with Crippen LogP contribution < -0.4 is 5.56 Å². The zero-order valence-electron chi connectivity index (χ0n) is 17.9. The molecule has 3 aromatic rings. The van der Waals surface area contributed by atoms with Gasteiger partial charge in [0.1, 0.15) is 17.1 Å². The van der Waals surface area contributed by atoms with Crippen molar-refractivity contribution in [1.29, 1.82) is 0 Å². The number of hydrogen-bond acceptors (Lipinski definition) is 4. The first-order valence-electron chi connectivity index (χ1n) is 10.3. The predicted octanol–water partition coefficient (Wildman–Crippen LogP) is 3.23. The second-order valence-corrected chi connectivity index (χ2v) is 7.78. The molecule has 7 nitrogen and oxygen atoms in total. The van der Waals surface area contributed by atoms with Gasteiger partial charge in [0.2, 0.25) is 0 Å². The van der Waals surface area contributed by atoms with Gasteiger partial charge in [0.05, 0.1) is 0 Å². The van der Waals surface area contributed by atoms with Crippen LogP contribution in [-0.2, 0) is 13.0 Å². The minimum absolute atomic E-state index is 0.0856. The first kappa shape index (κ1) is 20.7. The Hall–Kier alpha value is -3.61. The molecule has 1 aromatic carbocycles. The van der Waals surface area contributed by atoms with Crippen molar-refractivity contribution in [3.63, 3.8) is 0 Å². The van der Waals surface area contributed by atoms with Crippen LogP contribution in [0.2, 0.25) is 0 Å². The van der Waals surface area contributed by atoms with Gasteiger partial charge in [-0.05, 0) is 55.7 Å². The van der Waals surface area contributed by atoms with Crippen molar-refractivity contribution in [1.82, 2.24) is 14.8 Å². The third kappa shape index (κ3) is 3.91. The van der Waals surface area contributed by atoms with Gasteiger partial charge < -0.3 is 19.2 Å². The lowest BCUT2D eigenvalue weighted by Gasteiger charge is -2.30. The average Bonchev–Trinajstić information content (AvgIpc) is 3.23. The Kier molecular flexibility index (Phi) is 5.50. The molecule has 160 valence electrons. The summed E-state index contributed by atoms with van der Waals surface area (Å²) in [6, 6.07) is 11.1. The number of amides is 2. The summed E-state index contributed by atoms with van der Waals surface area (Å²) < 4.78 is 5.63. The van der Waals surface area contributed by atoms with Crippen molar-refractivity contribution >= 4 is 11.8 Å². The summed E-state index contributed by atoms with van der Waals surface area (Å²) in [4.78, 5) is 44.0. The highest BCUT2D eigenvalue weighted by Gasteiger charge is 2.28. The molecule has 3 heterocycles. The van der Waals surface area contributed by atoms with Crippen molar-refractivity contribution in [3.05, 3.63) is 81.0 Å². The summed E-state index contributed by atoms with van der Waals surface area (Å²) in [5.74, 6) is 1.23. The van der Waals surface area contributed by atoms with Crippen LogP contribution in [0.15, 0.2) is 51.8 Å². The van der Waals surface area contributed by atoms with E-state index >= 15 is 0 Å². The summed E-state index contributed by atoms with van der Waals surface area (Å²) in [5.41, 5.74) is 2.84. The van der Waals surface area contributed by atoms with Crippen molar-refractivity contribution in [2.75, 3.05) is 20.1 Å². The summed E-state index contributed by atoms with van der Waals surface area (Å²) >= 11 is 0. The van der Waals surface area contributed by atoms with Gasteiger partial charge in [0.15, 0.2) is 0 Å². The lowest BCUT2D eigenvalue weighted by Crippen LogP contribution is -2.40. The fraction of sp³-hybridized carbons (Fsp3) is 0.292. The van der Waals surface area contributed by atoms with Crippen LogP contribution in [0, 0.1) is 6.92 Å². The van der Waals surface area contributed by atoms with Crippen LogP contribution in [-0.4, -0.2) is 46.7 Å². The second kappa shape index (κ2) is 8.26. The number of carbonyl (C=O) groups is 2. The average molecular weight is 419 g/mol. The van der Waals surface area contributed by atoms with E-state index in [1.165, 1.54) is 4.90 Å². The Labute approximate surface area is 180 Å². The Morgan fingerprint density at radius 2 is 1.90 bits per heavy atom. The van der Waals surface area contributed by atoms with Gasteiger partial charge in [0.25, 0.3) is 17.4 Å². The zero-order chi connectivity index (χ0) is 22.1. The molecule has 0 spiro atoms. The molecule has 0 radical (unpaired) electrons. The monoisotopic (exact) mass is 419 g/mol. The van der Waals surface area contributed by atoms with E-state index in [1.807, 2.05) is 38.1 Å². The van der Waals surface area contributed by atoms with Crippen LogP contribution in [0.1, 0.15) is 44.5 Å². The lowest BCUT2D eigenvalue weighted by molar-refractivity contribution is 0.0733. The number of benzene rings is 1. The number of fused-ring (bicyclic) bond motifs is 1. The molecule has 2 aromatic heterocycles. The molecule has 0 atom stereocenters. The zero-order valence-corrected chi connectivity index (χ0v) is 17.9. The highest BCUT2D eigenvalue weighted by atomic mass is 16.3. The molecular weight excluding hydrogens is 394 g/mol. The van der Waals surface area contributed by atoms with Crippen LogP contribution in [0.5, 0.6) is 0 Å². The highest BCUT2D eigenvalue weighted by Crippen LogP contribution is 2.25. The largest absolute Gasteiger partial charge is 0.461 e. The van der Waals surface area contributed by atoms with E-state index in [2.05, 4.69) is 4.98 Å². The minimum atomic E-state index is -0.382. The van der Waals surface area contributed by atoms with E-state index in [0.717, 1.165) is 28.2 Å². The maximum absolute atomic E-state index is 13.1. The Bertz CT molecular complexity index is 1190. The van der Waals surface area contributed by atoms with Gasteiger partial charge in [-0.2, -0.15) is 0 Å². The first-order chi connectivity index (χ1) is 14.9. The van der Waals surface area contributed by atoms with E-state index in [0.29, 0.717) is 31.6 Å². The lowest BCUT2D eigenvalue weighted by atomic mass is 9.95. The fourth-order valence-corrected chi connectivity index (χ4v) is 3.85. The van der Waals surface area contributed by atoms with E-state index in [9.17, 15) is 14.4 Å². The molecule has 0 saturated carbocycles. The molecule has 0 unspecified atom stereocenters. The first-order valence-corrected chi connectivity index (χ1v) is 10.3. The maximum Gasteiger partial charge on any atom is 0.261 e. The molecule has 0 aliphatic carbocycles. The third-order valence-corrected chi connectivity index (χ3v) is 5.77. The van der Waals surface area contributed by atoms with E-state index in [1.54, 1.807) is 30.3 Å². The number of nitrogens with one attached hydrogen (secondary N) is 1. The molecule has 0 saturated heterocycles. The Balaban J connectivity index is 1.56. The normalized spacial score (nSPS) is 13.1. The molecule has 0 bridgehead atoms. The number of aryl methyl sites for hydroxylation is 1. The van der Waals surface area contributed by atoms with Crippen LogP contribution in [0.25, 0.3) is 11.3 Å². The standard InChI is InChI=1S/C24H25N3O4/c1-4-26(3)24(30)21-19-11-12-27(14-18(19)13-25-22(21)28)23(29)17-8-6-16(7-9-17)20-10-5-15(2)31-20/h5-10,13H,4,11-12,14H2,1-3H3,(H,25,28). The number of nitrogens with zero attached hydrogens (tertiary/aromatic N) is 2. The molecule has 1 aliphatic heterocycles. The fourth-order valence-electron chi connectivity index (χ4n) is 3.85. The molecule has 0 fully saturated rings. The number of H-pyrrole nitrogens is 1. The molecule has 1 N–H and O–H groups in total. The number of furan rings is 1. The number of aromatic nitrogens is 1. The second-order valence-electron chi connectivity index (χ2n) is 7.78. The van der Waals surface area contributed by atoms with Crippen molar-refractivity contribution in [2.45, 2.75) is 26.8 Å². The summed E-state index contributed by atoms with van der Waals surface area (Å²) in [6.45, 7) is 5.06. The SMILES string of the molecule is CCN(C)C(=O)c1c2c(c[nH]c1=O)CN(C(=O)c1ccc(-c3ccc(C)o3)cc1)CC2. The minimum Gasteiger partial charge on any atom is -0.461 e. The van der Waals surface area contributed by atoms with Crippen LogP contribution in [0.4, 0.5) is 0 Å². The quantitative estimate of drug-likeness (QED) is 0.703. The van der Waals surface area contributed by atoms with Crippen molar-refractivity contribution in [2.24, 2.45) is 0 Å². The van der Waals surface area contributed by atoms with Gasteiger partial charge >= 0.3 is 0 Å². The van der Waals surface area contributed by atoms with E-state index in [4.69, 9.17) is 4.42 Å². The van der Waals surface area contributed by atoms with E-state index < -0.39 is 0 Å². The van der Waals surface area contributed by atoms with Crippen molar-refractivity contribution < 1.29 is 14.0 Å². The molecular formula is C24H25N3O4. The van der Waals surface area contributed by atoms with Gasteiger partial charge in [0, 0.05) is 44.0 Å². The third-order valence-electron chi connectivity index (χ3n) is 5.77. The van der Waals surface area contributed by atoms with Crippen molar-refractivity contribution in [3.8, 4) is 11.3 Å². The van der Waals surface area contributed by atoms with Crippen LogP contribution >= 0.6 is 0 Å².